The molecule has 2 aromatic rings. The second-order valence-corrected chi connectivity index (χ2v) is 4.98. The molecule has 0 radical (unpaired) electrons. The zero-order valence-electron chi connectivity index (χ0n) is 12.0. The number of aromatic nitrogens is 1. The lowest BCUT2D eigenvalue weighted by molar-refractivity contribution is 0.593. The summed E-state index contributed by atoms with van der Waals surface area (Å²) in [5, 5.41) is 4.20. The van der Waals surface area contributed by atoms with Gasteiger partial charge in [0.05, 0.1) is 0 Å². The second kappa shape index (κ2) is 4.47. The highest BCUT2D eigenvalue weighted by atomic mass is 15.1. The van der Waals surface area contributed by atoms with Gasteiger partial charge < -0.3 is 9.47 Å². The Hall–Kier alpha value is -2.22. The van der Waals surface area contributed by atoms with Crippen LogP contribution in [0.5, 0.6) is 0 Å². The minimum Gasteiger partial charge on any atom is -0.378 e. The van der Waals surface area contributed by atoms with Crippen LogP contribution in [0.3, 0.4) is 0 Å². The molecule has 1 aromatic carbocycles. The summed E-state index contributed by atoms with van der Waals surface area (Å²) in [7, 11) is 5.96. The number of fused-ring (bicyclic) bond motifs is 1. The second-order valence-electron chi connectivity index (χ2n) is 4.98. The predicted octanol–water partition coefficient (Wildman–Crippen LogP) is 2.17. The van der Waals surface area contributed by atoms with Crippen LogP contribution >= 0.6 is 0 Å². The maximum Gasteiger partial charge on any atom is 0.0415 e. The molecule has 0 atom stereocenters. The van der Waals surface area contributed by atoms with Gasteiger partial charge in [-0.05, 0) is 17.7 Å². The first-order valence-corrected chi connectivity index (χ1v) is 6.17. The molecule has 0 aliphatic rings. The largest absolute Gasteiger partial charge is 0.378 e. The third-order valence-electron chi connectivity index (χ3n) is 3.69. The fourth-order valence-electron chi connectivity index (χ4n) is 2.28. The summed E-state index contributed by atoms with van der Waals surface area (Å²) in [6, 6.07) is 4.25. The molecule has 0 bridgehead atoms. The van der Waals surface area contributed by atoms with Crippen molar-refractivity contribution in [3.05, 3.63) is 47.1 Å². The zero-order valence-corrected chi connectivity index (χ0v) is 12.0. The first-order chi connectivity index (χ1) is 8.88. The standard InChI is InChI=1S/C17H20N2/c1-8-14-9-16-12(3)19(7)13(4)17(16)10-15(14)11(2)18(5)6/h8-10H,1-4H2,5-7H3. The molecule has 19 heavy (non-hydrogen) atoms. The van der Waals surface area contributed by atoms with Crippen molar-refractivity contribution in [1.82, 2.24) is 9.47 Å². The third-order valence-corrected chi connectivity index (χ3v) is 3.69. The number of hydrogen-bond donors (Lipinski definition) is 0. The van der Waals surface area contributed by atoms with Crippen LogP contribution in [0.15, 0.2) is 25.3 Å². The van der Waals surface area contributed by atoms with E-state index in [9.17, 15) is 0 Å². The predicted molar refractivity (Wildman–Crippen MR) is 86.0 cm³/mol. The van der Waals surface area contributed by atoms with E-state index < -0.39 is 0 Å². The lowest BCUT2D eigenvalue weighted by Crippen LogP contribution is -2.20. The molecule has 0 amide bonds. The highest BCUT2D eigenvalue weighted by Crippen LogP contribution is 2.24. The summed E-state index contributed by atoms with van der Waals surface area (Å²) in [6.07, 6.45) is 1.86. The summed E-state index contributed by atoms with van der Waals surface area (Å²) >= 11 is 0. The Bertz CT molecular complexity index is 776. The number of hydrogen-bond acceptors (Lipinski definition) is 1. The quantitative estimate of drug-likeness (QED) is 0.813. The Kier molecular flexibility index (Phi) is 3.11. The Morgan fingerprint density at radius 3 is 2.16 bits per heavy atom. The van der Waals surface area contributed by atoms with E-state index >= 15 is 0 Å². The highest BCUT2D eigenvalue weighted by molar-refractivity contribution is 5.90. The Morgan fingerprint density at radius 2 is 1.68 bits per heavy atom. The van der Waals surface area contributed by atoms with Crippen molar-refractivity contribution in [2.75, 3.05) is 14.1 Å². The summed E-state index contributed by atoms with van der Waals surface area (Å²) < 4.78 is 2.01. The van der Waals surface area contributed by atoms with Crippen LogP contribution in [0.2, 0.25) is 0 Å². The lowest BCUT2D eigenvalue weighted by atomic mass is 10.0. The van der Waals surface area contributed by atoms with E-state index in [1.54, 1.807) is 0 Å². The Balaban J connectivity index is 2.91. The number of nitrogens with zero attached hydrogens (tertiary/aromatic N) is 2. The topological polar surface area (TPSA) is 8.17 Å². The van der Waals surface area contributed by atoms with Crippen molar-refractivity contribution in [2.24, 2.45) is 7.05 Å². The van der Waals surface area contributed by atoms with Gasteiger partial charge in [0.1, 0.15) is 0 Å². The van der Waals surface area contributed by atoms with Crippen LogP contribution in [0.4, 0.5) is 0 Å². The molecule has 98 valence electrons. The van der Waals surface area contributed by atoms with Gasteiger partial charge in [0, 0.05) is 53.9 Å². The van der Waals surface area contributed by atoms with Crippen molar-refractivity contribution in [1.29, 1.82) is 0 Å². The smallest absolute Gasteiger partial charge is 0.0415 e. The van der Waals surface area contributed by atoms with E-state index in [2.05, 4.69) is 38.4 Å². The fourth-order valence-corrected chi connectivity index (χ4v) is 2.28. The zero-order chi connectivity index (χ0) is 14.3. The molecular weight excluding hydrogens is 232 g/mol. The van der Waals surface area contributed by atoms with E-state index in [0.29, 0.717) is 0 Å². The van der Waals surface area contributed by atoms with E-state index in [4.69, 9.17) is 0 Å². The highest BCUT2D eigenvalue weighted by Gasteiger charge is 2.10. The van der Waals surface area contributed by atoms with Gasteiger partial charge in [0.25, 0.3) is 0 Å². The normalized spacial score (nSPS) is 10.7. The monoisotopic (exact) mass is 252 g/mol. The molecule has 0 aliphatic heterocycles. The molecule has 2 rings (SSSR count). The van der Waals surface area contributed by atoms with Crippen LogP contribution in [0.25, 0.3) is 35.7 Å². The molecule has 0 N–H and O–H groups in total. The molecule has 0 aliphatic carbocycles. The maximum absolute atomic E-state index is 4.13. The minimum absolute atomic E-state index is 0.964. The lowest BCUT2D eigenvalue weighted by Gasteiger charge is -2.18. The van der Waals surface area contributed by atoms with Gasteiger partial charge in [0.2, 0.25) is 0 Å². The van der Waals surface area contributed by atoms with E-state index in [1.807, 2.05) is 36.7 Å². The SMILES string of the molecule is C=Cc1cc2c(=C)n(C)c(=C)c2cc1C(=C)N(C)C. The molecule has 2 heteroatoms. The maximum atomic E-state index is 4.13. The average Bonchev–Trinajstić information content (AvgIpc) is 2.61. The molecule has 0 spiro atoms. The van der Waals surface area contributed by atoms with Gasteiger partial charge in [-0.25, -0.2) is 0 Å². The van der Waals surface area contributed by atoms with E-state index in [-0.39, 0.29) is 0 Å². The number of rotatable bonds is 3. The molecule has 0 fully saturated rings. The van der Waals surface area contributed by atoms with Gasteiger partial charge in [-0.3, -0.25) is 0 Å². The molecule has 0 saturated carbocycles. The third kappa shape index (κ3) is 1.89. The molecule has 1 aromatic heterocycles. The molecule has 0 unspecified atom stereocenters. The van der Waals surface area contributed by atoms with Crippen molar-refractivity contribution >= 4 is 35.7 Å². The summed E-state index contributed by atoms with van der Waals surface area (Å²) in [5.41, 5.74) is 3.12. The van der Waals surface area contributed by atoms with Crippen LogP contribution in [0, 0.1) is 0 Å². The Labute approximate surface area is 114 Å². The van der Waals surface area contributed by atoms with Crippen LogP contribution < -0.4 is 10.7 Å². The van der Waals surface area contributed by atoms with Crippen molar-refractivity contribution in [3.63, 3.8) is 0 Å². The van der Waals surface area contributed by atoms with Crippen LogP contribution in [-0.4, -0.2) is 23.6 Å². The summed E-state index contributed by atoms with van der Waals surface area (Å²) in [5.74, 6) is 0. The van der Waals surface area contributed by atoms with E-state index in [0.717, 1.165) is 38.3 Å². The van der Waals surface area contributed by atoms with Gasteiger partial charge >= 0.3 is 0 Å². The van der Waals surface area contributed by atoms with Crippen molar-refractivity contribution in [2.45, 2.75) is 0 Å². The van der Waals surface area contributed by atoms with Gasteiger partial charge in [-0.15, -0.1) is 0 Å². The van der Waals surface area contributed by atoms with Crippen LogP contribution in [-0.2, 0) is 7.05 Å². The van der Waals surface area contributed by atoms with Gasteiger partial charge in [0.15, 0.2) is 0 Å². The summed E-state index contributed by atoms with van der Waals surface area (Å²) in [4.78, 5) is 2.00. The van der Waals surface area contributed by atoms with Crippen molar-refractivity contribution < 1.29 is 0 Å². The average molecular weight is 252 g/mol. The van der Waals surface area contributed by atoms with Crippen LogP contribution in [0.1, 0.15) is 11.1 Å². The molecule has 1 heterocycles. The molecule has 0 saturated heterocycles. The van der Waals surface area contributed by atoms with Crippen molar-refractivity contribution in [3.8, 4) is 0 Å². The molecular formula is C17H20N2. The molecule has 2 nitrogen and oxygen atoms in total. The summed E-state index contributed by atoms with van der Waals surface area (Å²) in [6.45, 7) is 16.3. The fraction of sp³-hybridized carbons (Fsp3) is 0.176. The number of benzene rings is 1. The van der Waals surface area contributed by atoms with Gasteiger partial charge in [-0.1, -0.05) is 32.4 Å². The Morgan fingerprint density at radius 1 is 1.16 bits per heavy atom. The first-order valence-electron chi connectivity index (χ1n) is 6.17. The van der Waals surface area contributed by atoms with E-state index in [1.165, 1.54) is 0 Å². The minimum atomic E-state index is 0.964. The first kappa shape index (κ1) is 13.2. The van der Waals surface area contributed by atoms with Gasteiger partial charge in [-0.2, -0.15) is 0 Å².